The first-order valence-electron chi connectivity index (χ1n) is 7.81. The summed E-state index contributed by atoms with van der Waals surface area (Å²) in [5, 5.41) is 3.01. The van der Waals surface area contributed by atoms with Crippen LogP contribution in [0.25, 0.3) is 0 Å². The normalized spacial score (nSPS) is 26.6. The highest BCUT2D eigenvalue weighted by atomic mass is 16.5. The lowest BCUT2D eigenvalue weighted by Crippen LogP contribution is -2.36. The molecule has 2 saturated carbocycles. The number of carbonyl (C=O) groups is 1. The van der Waals surface area contributed by atoms with Crippen LogP contribution in [-0.4, -0.2) is 26.2 Å². The molecule has 3 unspecified atom stereocenters. The SMILES string of the molecule is COc1cccc(OCCNC(=O)C2CC3CCC2C3)c1. The quantitative estimate of drug-likeness (QED) is 0.819. The van der Waals surface area contributed by atoms with E-state index in [0.717, 1.165) is 23.8 Å². The molecule has 0 spiro atoms. The molecule has 0 radical (unpaired) electrons. The summed E-state index contributed by atoms with van der Waals surface area (Å²) in [6, 6.07) is 7.50. The summed E-state index contributed by atoms with van der Waals surface area (Å²) in [5.74, 6) is 3.45. The number of benzene rings is 1. The van der Waals surface area contributed by atoms with E-state index in [0.29, 0.717) is 19.1 Å². The van der Waals surface area contributed by atoms with Crippen molar-refractivity contribution in [2.45, 2.75) is 25.7 Å². The maximum absolute atomic E-state index is 12.2. The second-order valence-corrected chi connectivity index (χ2v) is 6.10. The molecule has 21 heavy (non-hydrogen) atoms. The van der Waals surface area contributed by atoms with Gasteiger partial charge in [-0.15, -0.1) is 0 Å². The Balaban J connectivity index is 1.39. The van der Waals surface area contributed by atoms with Crippen LogP contribution in [0, 0.1) is 17.8 Å². The van der Waals surface area contributed by atoms with Gasteiger partial charge < -0.3 is 14.8 Å². The molecule has 1 N–H and O–H groups in total. The maximum atomic E-state index is 12.2. The van der Waals surface area contributed by atoms with Crippen LogP contribution in [-0.2, 0) is 4.79 Å². The molecule has 2 aliphatic rings. The number of amides is 1. The highest BCUT2D eigenvalue weighted by molar-refractivity contribution is 5.79. The standard InChI is InChI=1S/C17H23NO3/c1-20-14-3-2-4-15(11-14)21-8-7-18-17(19)16-10-12-5-6-13(16)9-12/h2-4,11-13,16H,5-10H2,1H3,(H,18,19). The Morgan fingerprint density at radius 2 is 2.14 bits per heavy atom. The van der Waals surface area contributed by atoms with E-state index in [-0.39, 0.29) is 11.8 Å². The predicted octanol–water partition coefficient (Wildman–Crippen LogP) is 2.63. The van der Waals surface area contributed by atoms with Gasteiger partial charge in [0.15, 0.2) is 0 Å². The third-order valence-corrected chi connectivity index (χ3v) is 4.79. The molecule has 3 rings (SSSR count). The Hall–Kier alpha value is -1.71. The summed E-state index contributed by atoms with van der Waals surface area (Å²) in [4.78, 5) is 12.2. The predicted molar refractivity (Wildman–Crippen MR) is 80.4 cm³/mol. The number of ether oxygens (including phenoxy) is 2. The topological polar surface area (TPSA) is 47.6 Å². The first-order chi connectivity index (χ1) is 10.3. The average molecular weight is 289 g/mol. The van der Waals surface area contributed by atoms with Gasteiger partial charge >= 0.3 is 0 Å². The summed E-state index contributed by atoms with van der Waals surface area (Å²) in [5.41, 5.74) is 0. The lowest BCUT2D eigenvalue weighted by molar-refractivity contribution is -0.126. The van der Waals surface area contributed by atoms with Crippen LogP contribution in [0.2, 0.25) is 0 Å². The third kappa shape index (κ3) is 3.31. The number of methoxy groups -OCH3 is 1. The summed E-state index contributed by atoms with van der Waals surface area (Å²) in [6.07, 6.45) is 4.92. The second kappa shape index (κ2) is 6.37. The molecule has 1 aromatic carbocycles. The molecule has 0 aliphatic heterocycles. The van der Waals surface area contributed by atoms with Crippen LogP contribution in [0.4, 0.5) is 0 Å². The molecule has 0 heterocycles. The van der Waals surface area contributed by atoms with E-state index in [1.165, 1.54) is 19.3 Å². The van der Waals surface area contributed by atoms with Crippen LogP contribution >= 0.6 is 0 Å². The smallest absolute Gasteiger partial charge is 0.223 e. The van der Waals surface area contributed by atoms with Gasteiger partial charge in [-0.1, -0.05) is 12.5 Å². The Morgan fingerprint density at radius 3 is 2.86 bits per heavy atom. The van der Waals surface area contributed by atoms with E-state index >= 15 is 0 Å². The van der Waals surface area contributed by atoms with Crippen LogP contribution < -0.4 is 14.8 Å². The minimum absolute atomic E-state index is 0.219. The Kier molecular flexibility index (Phi) is 4.32. The van der Waals surface area contributed by atoms with Gasteiger partial charge in [-0.2, -0.15) is 0 Å². The van der Waals surface area contributed by atoms with E-state index in [1.807, 2.05) is 24.3 Å². The van der Waals surface area contributed by atoms with E-state index in [9.17, 15) is 4.79 Å². The van der Waals surface area contributed by atoms with Crippen LogP contribution in [0.1, 0.15) is 25.7 Å². The summed E-state index contributed by atoms with van der Waals surface area (Å²) >= 11 is 0. The van der Waals surface area contributed by atoms with E-state index in [1.54, 1.807) is 7.11 Å². The zero-order valence-electron chi connectivity index (χ0n) is 12.5. The number of hydrogen-bond donors (Lipinski definition) is 1. The molecule has 2 aliphatic carbocycles. The number of nitrogens with one attached hydrogen (secondary N) is 1. The molecular formula is C17H23NO3. The van der Waals surface area contributed by atoms with Gasteiger partial charge in [0.2, 0.25) is 5.91 Å². The molecule has 1 aromatic rings. The summed E-state index contributed by atoms with van der Waals surface area (Å²) < 4.78 is 10.8. The highest BCUT2D eigenvalue weighted by Gasteiger charge is 2.42. The molecule has 1 amide bonds. The van der Waals surface area contributed by atoms with Crippen molar-refractivity contribution in [3.8, 4) is 11.5 Å². The molecule has 0 saturated heterocycles. The average Bonchev–Trinajstić information content (AvgIpc) is 3.14. The van der Waals surface area contributed by atoms with Crippen molar-refractivity contribution in [3.05, 3.63) is 24.3 Å². The molecular weight excluding hydrogens is 266 g/mol. The van der Waals surface area contributed by atoms with Gasteiger partial charge in [0.25, 0.3) is 0 Å². The largest absolute Gasteiger partial charge is 0.497 e. The van der Waals surface area contributed by atoms with Crippen molar-refractivity contribution >= 4 is 5.91 Å². The van der Waals surface area contributed by atoms with Crippen molar-refractivity contribution in [1.82, 2.24) is 5.32 Å². The minimum Gasteiger partial charge on any atom is -0.497 e. The maximum Gasteiger partial charge on any atom is 0.223 e. The summed E-state index contributed by atoms with van der Waals surface area (Å²) in [6.45, 7) is 1.05. The number of hydrogen-bond acceptors (Lipinski definition) is 3. The number of fused-ring (bicyclic) bond motifs is 2. The molecule has 2 fully saturated rings. The molecule has 4 heteroatoms. The lowest BCUT2D eigenvalue weighted by atomic mass is 9.88. The fourth-order valence-corrected chi connectivity index (χ4v) is 3.73. The van der Waals surface area contributed by atoms with Crippen molar-refractivity contribution < 1.29 is 14.3 Å². The monoisotopic (exact) mass is 289 g/mol. The summed E-state index contributed by atoms with van der Waals surface area (Å²) in [7, 11) is 1.63. The van der Waals surface area contributed by atoms with Gasteiger partial charge in [-0.3, -0.25) is 4.79 Å². The fraction of sp³-hybridized carbons (Fsp3) is 0.588. The first kappa shape index (κ1) is 14.2. The highest BCUT2D eigenvalue weighted by Crippen LogP contribution is 2.48. The Morgan fingerprint density at radius 1 is 1.29 bits per heavy atom. The minimum atomic E-state index is 0.219. The van der Waals surface area contributed by atoms with E-state index < -0.39 is 0 Å². The van der Waals surface area contributed by atoms with Crippen molar-refractivity contribution in [2.75, 3.05) is 20.3 Å². The molecule has 3 atom stereocenters. The van der Waals surface area contributed by atoms with Gasteiger partial charge in [-0.05, 0) is 43.2 Å². The third-order valence-electron chi connectivity index (χ3n) is 4.79. The lowest BCUT2D eigenvalue weighted by Gasteiger charge is -2.20. The fourth-order valence-electron chi connectivity index (χ4n) is 3.73. The van der Waals surface area contributed by atoms with Crippen molar-refractivity contribution in [3.63, 3.8) is 0 Å². The van der Waals surface area contributed by atoms with E-state index in [4.69, 9.17) is 9.47 Å². The van der Waals surface area contributed by atoms with Gasteiger partial charge in [0.05, 0.1) is 13.7 Å². The number of rotatable bonds is 6. The molecule has 0 aromatic heterocycles. The van der Waals surface area contributed by atoms with E-state index in [2.05, 4.69) is 5.32 Å². The zero-order valence-corrected chi connectivity index (χ0v) is 12.5. The molecule has 2 bridgehead atoms. The zero-order chi connectivity index (χ0) is 14.7. The van der Waals surface area contributed by atoms with Crippen LogP contribution in [0.3, 0.4) is 0 Å². The van der Waals surface area contributed by atoms with Crippen molar-refractivity contribution in [1.29, 1.82) is 0 Å². The van der Waals surface area contributed by atoms with Crippen molar-refractivity contribution in [2.24, 2.45) is 17.8 Å². The van der Waals surface area contributed by atoms with Gasteiger partial charge in [-0.25, -0.2) is 0 Å². The van der Waals surface area contributed by atoms with Crippen LogP contribution in [0.15, 0.2) is 24.3 Å². The van der Waals surface area contributed by atoms with Gasteiger partial charge in [0, 0.05) is 12.0 Å². The van der Waals surface area contributed by atoms with Crippen LogP contribution in [0.5, 0.6) is 11.5 Å². The Labute approximate surface area is 125 Å². The molecule has 4 nitrogen and oxygen atoms in total. The first-order valence-corrected chi connectivity index (χ1v) is 7.81. The molecule has 114 valence electrons. The second-order valence-electron chi connectivity index (χ2n) is 6.10. The Bertz CT molecular complexity index is 503. The number of carbonyl (C=O) groups excluding carboxylic acids is 1. The van der Waals surface area contributed by atoms with Gasteiger partial charge in [0.1, 0.15) is 18.1 Å².